The van der Waals surface area contributed by atoms with Gasteiger partial charge in [-0.05, 0) is 19.4 Å². The molecule has 88 valence electrons. The van der Waals surface area contributed by atoms with Crippen molar-refractivity contribution in [1.29, 1.82) is 0 Å². The molecule has 1 unspecified atom stereocenters. The smallest absolute Gasteiger partial charge is 0.345 e. The summed E-state index contributed by atoms with van der Waals surface area (Å²) in [5.41, 5.74) is 1.000. The van der Waals surface area contributed by atoms with Crippen LogP contribution in [0.5, 0.6) is 0 Å². The summed E-state index contributed by atoms with van der Waals surface area (Å²) in [5, 5.41) is 10.8. The molecule has 0 aliphatic carbocycles. The van der Waals surface area contributed by atoms with Crippen LogP contribution in [0, 0.1) is 0 Å². The van der Waals surface area contributed by atoms with Gasteiger partial charge < -0.3 is 14.7 Å². The van der Waals surface area contributed by atoms with Crippen molar-refractivity contribution in [2.24, 2.45) is 0 Å². The quantitative estimate of drug-likeness (QED) is 0.861. The largest absolute Gasteiger partial charge is 0.477 e. The minimum atomic E-state index is -0.852. The Morgan fingerprint density at radius 1 is 1.69 bits per heavy atom. The van der Waals surface area contributed by atoms with Crippen molar-refractivity contribution in [3.8, 4) is 0 Å². The molecule has 5 heteroatoms. The monoisotopic (exact) mass is 241 g/mol. The SMILES string of the molecule is CC1CN(c2csc(C(=O)O)c2)CCCO1. The summed E-state index contributed by atoms with van der Waals surface area (Å²) in [6, 6.07) is 1.74. The van der Waals surface area contributed by atoms with Gasteiger partial charge in [-0.3, -0.25) is 0 Å². The zero-order valence-electron chi connectivity index (χ0n) is 9.18. The van der Waals surface area contributed by atoms with Crippen LogP contribution in [0.4, 0.5) is 5.69 Å². The maximum Gasteiger partial charge on any atom is 0.345 e. The Balaban J connectivity index is 2.12. The fourth-order valence-electron chi connectivity index (χ4n) is 1.83. The number of hydrogen-bond donors (Lipinski definition) is 1. The number of nitrogens with zero attached hydrogens (tertiary/aromatic N) is 1. The molecule has 16 heavy (non-hydrogen) atoms. The standard InChI is InChI=1S/C11H15NO3S/c1-8-6-12(3-2-4-15-8)9-5-10(11(13)14)16-7-9/h5,7-8H,2-4,6H2,1H3,(H,13,14). The predicted molar refractivity (Wildman–Crippen MR) is 63.5 cm³/mol. The summed E-state index contributed by atoms with van der Waals surface area (Å²) >= 11 is 1.28. The molecular formula is C11H15NO3S. The van der Waals surface area contributed by atoms with Gasteiger partial charge in [-0.25, -0.2) is 4.79 Å². The third-order valence-electron chi connectivity index (χ3n) is 2.61. The third-order valence-corrected chi connectivity index (χ3v) is 3.52. The molecule has 0 bridgehead atoms. The molecule has 0 saturated carbocycles. The lowest BCUT2D eigenvalue weighted by atomic mass is 10.3. The number of carboxylic acids is 1. The topological polar surface area (TPSA) is 49.8 Å². The van der Waals surface area contributed by atoms with E-state index in [-0.39, 0.29) is 6.10 Å². The van der Waals surface area contributed by atoms with Crippen molar-refractivity contribution >= 4 is 23.0 Å². The van der Waals surface area contributed by atoms with Crippen LogP contribution in [0.3, 0.4) is 0 Å². The molecule has 2 rings (SSSR count). The van der Waals surface area contributed by atoms with Crippen LogP contribution < -0.4 is 4.90 Å². The van der Waals surface area contributed by atoms with E-state index in [0.717, 1.165) is 31.8 Å². The Hall–Kier alpha value is -1.07. The van der Waals surface area contributed by atoms with Crippen molar-refractivity contribution in [1.82, 2.24) is 0 Å². The fraction of sp³-hybridized carbons (Fsp3) is 0.545. The Morgan fingerprint density at radius 2 is 2.50 bits per heavy atom. The normalized spacial score (nSPS) is 21.8. The van der Waals surface area contributed by atoms with Crippen molar-refractivity contribution in [3.05, 3.63) is 16.3 Å². The van der Waals surface area contributed by atoms with Crippen LogP contribution in [0.25, 0.3) is 0 Å². The van der Waals surface area contributed by atoms with E-state index in [1.807, 2.05) is 12.3 Å². The minimum Gasteiger partial charge on any atom is -0.477 e. The van der Waals surface area contributed by atoms with E-state index in [0.29, 0.717) is 4.88 Å². The second-order valence-electron chi connectivity index (χ2n) is 3.96. The number of rotatable bonds is 2. The highest BCUT2D eigenvalue weighted by Crippen LogP contribution is 2.24. The van der Waals surface area contributed by atoms with E-state index in [9.17, 15) is 4.79 Å². The average Bonchev–Trinajstić information content (AvgIpc) is 2.63. The van der Waals surface area contributed by atoms with Crippen LogP contribution in [-0.4, -0.2) is 36.9 Å². The van der Waals surface area contributed by atoms with Crippen LogP contribution in [0.1, 0.15) is 23.0 Å². The van der Waals surface area contributed by atoms with Gasteiger partial charge >= 0.3 is 5.97 Å². The van der Waals surface area contributed by atoms with Gasteiger partial charge in [0.05, 0.1) is 6.10 Å². The van der Waals surface area contributed by atoms with Gasteiger partial charge in [-0.1, -0.05) is 0 Å². The molecule has 1 fully saturated rings. The van der Waals surface area contributed by atoms with Gasteiger partial charge in [-0.15, -0.1) is 11.3 Å². The first-order valence-corrected chi connectivity index (χ1v) is 6.23. The van der Waals surface area contributed by atoms with Gasteiger partial charge in [0, 0.05) is 30.8 Å². The van der Waals surface area contributed by atoms with Gasteiger partial charge in [0.2, 0.25) is 0 Å². The molecule has 0 amide bonds. The third kappa shape index (κ3) is 2.54. The Kier molecular flexibility index (Phi) is 3.46. The summed E-state index contributed by atoms with van der Waals surface area (Å²) in [6.45, 7) is 4.59. The highest BCUT2D eigenvalue weighted by Gasteiger charge is 2.17. The summed E-state index contributed by atoms with van der Waals surface area (Å²) < 4.78 is 5.55. The predicted octanol–water partition coefficient (Wildman–Crippen LogP) is 2.06. The lowest BCUT2D eigenvalue weighted by molar-refractivity contribution is 0.0702. The van der Waals surface area contributed by atoms with E-state index < -0.39 is 5.97 Å². The van der Waals surface area contributed by atoms with E-state index in [1.165, 1.54) is 11.3 Å². The van der Waals surface area contributed by atoms with Gasteiger partial charge in [0.1, 0.15) is 4.88 Å². The van der Waals surface area contributed by atoms with E-state index in [1.54, 1.807) is 6.07 Å². The van der Waals surface area contributed by atoms with E-state index >= 15 is 0 Å². The first kappa shape index (κ1) is 11.4. The highest BCUT2D eigenvalue weighted by molar-refractivity contribution is 7.12. The van der Waals surface area contributed by atoms with E-state index in [4.69, 9.17) is 9.84 Å². The Morgan fingerprint density at radius 3 is 3.19 bits per heavy atom. The zero-order chi connectivity index (χ0) is 11.5. The number of ether oxygens (including phenoxy) is 1. The van der Waals surface area contributed by atoms with E-state index in [2.05, 4.69) is 4.90 Å². The molecular weight excluding hydrogens is 226 g/mol. The molecule has 1 saturated heterocycles. The molecule has 0 spiro atoms. The molecule has 2 heterocycles. The minimum absolute atomic E-state index is 0.204. The number of carbonyl (C=O) groups is 1. The van der Waals surface area contributed by atoms with Gasteiger partial charge in [0.25, 0.3) is 0 Å². The maximum atomic E-state index is 10.8. The number of carboxylic acid groups (broad SMARTS) is 1. The number of thiophene rings is 1. The van der Waals surface area contributed by atoms with Crippen molar-refractivity contribution in [3.63, 3.8) is 0 Å². The average molecular weight is 241 g/mol. The summed E-state index contributed by atoms with van der Waals surface area (Å²) in [6.07, 6.45) is 1.19. The highest BCUT2D eigenvalue weighted by atomic mass is 32.1. The molecule has 1 atom stereocenters. The lowest BCUT2D eigenvalue weighted by Crippen LogP contribution is -2.29. The molecule has 0 aromatic carbocycles. The lowest BCUT2D eigenvalue weighted by Gasteiger charge is -2.22. The first-order chi connectivity index (χ1) is 7.66. The molecule has 1 aliphatic heterocycles. The fourth-order valence-corrected chi connectivity index (χ4v) is 2.59. The van der Waals surface area contributed by atoms with Crippen LogP contribution in [-0.2, 0) is 4.74 Å². The van der Waals surface area contributed by atoms with Gasteiger partial charge in [-0.2, -0.15) is 0 Å². The second kappa shape index (κ2) is 4.84. The molecule has 1 N–H and O–H groups in total. The maximum absolute atomic E-state index is 10.8. The summed E-state index contributed by atoms with van der Waals surface area (Å²) in [4.78, 5) is 13.4. The van der Waals surface area contributed by atoms with Crippen molar-refractivity contribution < 1.29 is 14.6 Å². The molecule has 1 aliphatic rings. The second-order valence-corrected chi connectivity index (χ2v) is 4.87. The van der Waals surface area contributed by atoms with Crippen molar-refractivity contribution in [2.45, 2.75) is 19.4 Å². The van der Waals surface area contributed by atoms with Crippen LogP contribution in [0.15, 0.2) is 11.4 Å². The summed E-state index contributed by atoms with van der Waals surface area (Å²) in [5.74, 6) is -0.852. The molecule has 0 radical (unpaired) electrons. The zero-order valence-corrected chi connectivity index (χ0v) is 10.00. The first-order valence-electron chi connectivity index (χ1n) is 5.35. The number of aromatic carboxylic acids is 1. The molecule has 1 aromatic rings. The molecule has 1 aromatic heterocycles. The number of hydrogen-bond acceptors (Lipinski definition) is 4. The Bertz CT molecular complexity index is 377. The van der Waals surface area contributed by atoms with Gasteiger partial charge in [0.15, 0.2) is 0 Å². The Labute approximate surface area is 98.4 Å². The molecule has 4 nitrogen and oxygen atoms in total. The number of anilines is 1. The summed E-state index contributed by atoms with van der Waals surface area (Å²) in [7, 11) is 0. The van der Waals surface area contributed by atoms with Crippen LogP contribution in [0.2, 0.25) is 0 Å². The van der Waals surface area contributed by atoms with Crippen LogP contribution >= 0.6 is 11.3 Å². The van der Waals surface area contributed by atoms with Crippen molar-refractivity contribution in [2.75, 3.05) is 24.6 Å².